The Labute approximate surface area is 240 Å². The van der Waals surface area contributed by atoms with Crippen LogP contribution in [0.25, 0.3) is 22.2 Å². The number of benzene rings is 3. The molecule has 2 aromatic heterocycles. The van der Waals surface area contributed by atoms with Crippen LogP contribution in [0.2, 0.25) is 0 Å². The number of hydrogen-bond acceptors (Lipinski definition) is 8. The highest BCUT2D eigenvalue weighted by Crippen LogP contribution is 2.33. The molecule has 1 N–H and O–H groups in total. The fourth-order valence-electron chi connectivity index (χ4n) is 4.16. The first-order valence-corrected chi connectivity index (χ1v) is 12.8. The van der Waals surface area contributed by atoms with E-state index in [0.717, 1.165) is 14.7 Å². The summed E-state index contributed by atoms with van der Waals surface area (Å²) in [6.07, 6.45) is 1.47. The lowest BCUT2D eigenvalue weighted by Gasteiger charge is -2.13. The topological polar surface area (TPSA) is 166 Å². The zero-order valence-corrected chi connectivity index (χ0v) is 22.8. The third-order valence-corrected chi connectivity index (χ3v) is 6.58. The predicted octanol–water partition coefficient (Wildman–Crippen LogP) is 5.83. The molecule has 0 saturated carbocycles. The Kier molecular flexibility index (Phi) is 7.33. The molecule has 0 aliphatic carbocycles. The minimum Gasteiger partial charge on any atom is -0.337 e. The minimum absolute atomic E-state index is 0.00382. The molecule has 2 heterocycles. The van der Waals surface area contributed by atoms with Crippen LogP contribution in [-0.2, 0) is 0 Å². The number of imidazole rings is 1. The van der Waals surface area contributed by atoms with Gasteiger partial charge in [0.1, 0.15) is 29.0 Å². The number of nitro benzene ring substituents is 1. The number of hydrogen-bond donors (Lipinski definition) is 1. The number of aromatic nitrogens is 3. The van der Waals surface area contributed by atoms with Gasteiger partial charge in [-0.15, -0.1) is 0 Å². The maximum atomic E-state index is 13.8. The van der Waals surface area contributed by atoms with Crippen molar-refractivity contribution in [3.05, 3.63) is 120 Å². The molecule has 0 fully saturated rings. The summed E-state index contributed by atoms with van der Waals surface area (Å²) in [5.74, 6) is 0.261. The molecule has 11 nitrogen and oxygen atoms in total. The fraction of sp³-hybridized carbons (Fsp3) is 0.0345. The van der Waals surface area contributed by atoms with Gasteiger partial charge in [0.25, 0.3) is 11.2 Å². The minimum atomic E-state index is -0.822. The summed E-state index contributed by atoms with van der Waals surface area (Å²) in [5.41, 5.74) is 1.23. The summed E-state index contributed by atoms with van der Waals surface area (Å²) in [5, 5.41) is 36.0. The van der Waals surface area contributed by atoms with E-state index < -0.39 is 10.5 Å². The van der Waals surface area contributed by atoms with Crippen LogP contribution in [0.15, 0.2) is 92.2 Å². The molecule has 0 aliphatic heterocycles. The first-order valence-electron chi connectivity index (χ1n) is 12.0. The molecule has 0 aliphatic rings. The molecule has 3 aromatic carbocycles. The summed E-state index contributed by atoms with van der Waals surface area (Å²) in [4.78, 5) is 36.5. The van der Waals surface area contributed by atoms with E-state index in [1.54, 1.807) is 25.1 Å². The van der Waals surface area contributed by atoms with E-state index in [0.29, 0.717) is 22.6 Å². The van der Waals surface area contributed by atoms with Crippen molar-refractivity contribution < 1.29 is 4.92 Å². The van der Waals surface area contributed by atoms with Crippen molar-refractivity contribution in [1.29, 1.82) is 10.5 Å². The second-order valence-corrected chi connectivity index (χ2v) is 9.61. The molecule has 5 rings (SSSR count). The first kappa shape index (κ1) is 26.9. The number of rotatable bonds is 6. The molecule has 12 heteroatoms. The molecule has 41 heavy (non-hydrogen) atoms. The second-order valence-electron chi connectivity index (χ2n) is 8.69. The number of aliphatic imine (C=N–C) groups is 1. The zero-order chi connectivity index (χ0) is 29.1. The number of nitro groups is 1. The Morgan fingerprint density at radius 1 is 1.07 bits per heavy atom. The van der Waals surface area contributed by atoms with E-state index in [1.165, 1.54) is 30.5 Å². The van der Waals surface area contributed by atoms with Gasteiger partial charge in [0.05, 0.1) is 16.0 Å². The first-order chi connectivity index (χ1) is 19.8. The number of H-pyrrole nitrogens is 1. The van der Waals surface area contributed by atoms with Crippen LogP contribution in [0.1, 0.15) is 29.4 Å². The van der Waals surface area contributed by atoms with Gasteiger partial charge in [-0.2, -0.15) is 20.3 Å². The number of halogens is 1. The smallest absolute Gasteiger partial charge is 0.291 e. The second kappa shape index (κ2) is 11.2. The van der Waals surface area contributed by atoms with E-state index >= 15 is 0 Å². The molecule has 0 saturated heterocycles. The summed E-state index contributed by atoms with van der Waals surface area (Å²) in [6, 6.07) is 23.8. The average molecular weight is 605 g/mol. The monoisotopic (exact) mass is 604 g/mol. The highest BCUT2D eigenvalue weighted by molar-refractivity contribution is 9.10. The number of para-hydroxylation sites is 2. The molecule has 0 amide bonds. The normalized spacial score (nSPS) is 11.5. The number of nitrogens with zero attached hydrogens (tertiary/aromatic N) is 7. The summed E-state index contributed by atoms with van der Waals surface area (Å²) >= 11 is 3.41. The van der Waals surface area contributed by atoms with Crippen LogP contribution < -0.4 is 5.56 Å². The maximum Gasteiger partial charge on any atom is 0.291 e. The summed E-state index contributed by atoms with van der Waals surface area (Å²) in [7, 11) is 0. The molecule has 0 bridgehead atoms. The average Bonchev–Trinajstić information content (AvgIpc) is 3.42. The van der Waals surface area contributed by atoms with Crippen molar-refractivity contribution >= 4 is 50.4 Å². The van der Waals surface area contributed by atoms with E-state index in [-0.39, 0.29) is 33.8 Å². The zero-order valence-electron chi connectivity index (χ0n) is 21.2. The van der Waals surface area contributed by atoms with Crippen molar-refractivity contribution in [2.75, 3.05) is 0 Å². The van der Waals surface area contributed by atoms with Crippen LogP contribution in [0.4, 0.5) is 11.5 Å². The van der Waals surface area contributed by atoms with E-state index in [2.05, 4.69) is 42.1 Å². The number of aromatic amines is 1. The molecule has 0 radical (unpaired) electrons. The molecule has 0 atom stereocenters. The number of nitrogens with one attached hydrogen (secondary N) is 1. The van der Waals surface area contributed by atoms with Gasteiger partial charge >= 0.3 is 0 Å². The highest BCUT2D eigenvalue weighted by Gasteiger charge is 2.24. The standard InChI is InChI=1S/C29H17BrN8O3/c1-17(27-34-24-7-2-3-8-25(24)35-27)36-37-28(33-16-18-5-4-6-20(30)13-18)22(14-31)26(23(15-32)29(37)39)19-9-11-21(12-10-19)38(40)41/h2-13,16H,1H3,(H,34,35)/b33-16+,36-17+. The van der Waals surface area contributed by atoms with Gasteiger partial charge in [-0.1, -0.05) is 40.2 Å². The molecule has 0 spiro atoms. The van der Waals surface area contributed by atoms with Gasteiger partial charge in [0.2, 0.25) is 0 Å². The Bertz CT molecular complexity index is 2010. The van der Waals surface area contributed by atoms with Crippen LogP contribution in [0.3, 0.4) is 0 Å². The van der Waals surface area contributed by atoms with Gasteiger partial charge < -0.3 is 4.98 Å². The lowest BCUT2D eigenvalue weighted by Crippen LogP contribution is -2.23. The molecule has 198 valence electrons. The van der Waals surface area contributed by atoms with Gasteiger partial charge in [-0.3, -0.25) is 14.9 Å². The SMILES string of the molecule is C/C(=N\n1c(/N=C/c2cccc(Br)c2)c(C#N)c(-c2ccc([N+](=O)[O-])cc2)c(C#N)c1=O)c1nc2ccccc2[nH]1. The van der Waals surface area contributed by atoms with Gasteiger partial charge in [-0.25, -0.2) is 9.98 Å². The van der Waals surface area contributed by atoms with Crippen molar-refractivity contribution in [2.45, 2.75) is 6.92 Å². The third-order valence-electron chi connectivity index (χ3n) is 6.09. The van der Waals surface area contributed by atoms with E-state index in [1.807, 2.05) is 36.4 Å². The number of fused-ring (bicyclic) bond motifs is 1. The van der Waals surface area contributed by atoms with E-state index in [4.69, 9.17) is 0 Å². The third kappa shape index (κ3) is 5.28. The summed E-state index contributed by atoms with van der Waals surface area (Å²) in [6.45, 7) is 1.63. The largest absolute Gasteiger partial charge is 0.337 e. The van der Waals surface area contributed by atoms with Crippen molar-refractivity contribution in [1.82, 2.24) is 14.6 Å². The van der Waals surface area contributed by atoms with Crippen molar-refractivity contribution in [3.8, 4) is 23.3 Å². The lowest BCUT2D eigenvalue weighted by molar-refractivity contribution is -0.384. The molecule has 0 unspecified atom stereocenters. The Morgan fingerprint density at radius 3 is 2.46 bits per heavy atom. The lowest BCUT2D eigenvalue weighted by atomic mass is 9.96. The van der Waals surface area contributed by atoms with E-state index in [9.17, 15) is 25.4 Å². The van der Waals surface area contributed by atoms with Gasteiger partial charge in [0.15, 0.2) is 11.6 Å². The van der Waals surface area contributed by atoms with Gasteiger partial charge in [0, 0.05) is 28.4 Å². The van der Waals surface area contributed by atoms with Gasteiger partial charge in [-0.05, 0) is 54.4 Å². The van der Waals surface area contributed by atoms with Crippen LogP contribution >= 0.6 is 15.9 Å². The number of non-ortho nitro benzene ring substituents is 1. The van der Waals surface area contributed by atoms with Crippen molar-refractivity contribution in [2.24, 2.45) is 10.1 Å². The Morgan fingerprint density at radius 2 is 1.80 bits per heavy atom. The number of pyridine rings is 1. The quantitative estimate of drug-likeness (QED) is 0.145. The van der Waals surface area contributed by atoms with Crippen LogP contribution in [0.5, 0.6) is 0 Å². The van der Waals surface area contributed by atoms with Crippen LogP contribution in [0, 0.1) is 32.8 Å². The predicted molar refractivity (Wildman–Crippen MR) is 157 cm³/mol. The molecule has 5 aromatic rings. The maximum absolute atomic E-state index is 13.8. The Hall–Kier alpha value is -5.72. The Balaban J connectivity index is 1.79. The van der Waals surface area contributed by atoms with Crippen LogP contribution in [-0.4, -0.2) is 31.5 Å². The molecular formula is C29H17BrN8O3. The highest BCUT2D eigenvalue weighted by atomic mass is 79.9. The fourth-order valence-corrected chi connectivity index (χ4v) is 4.57. The molecular weight excluding hydrogens is 588 g/mol. The summed E-state index contributed by atoms with van der Waals surface area (Å²) < 4.78 is 1.70. The van der Waals surface area contributed by atoms with Crippen molar-refractivity contribution in [3.63, 3.8) is 0 Å². The number of nitriles is 2.